The van der Waals surface area contributed by atoms with Gasteiger partial charge in [-0.3, -0.25) is 0 Å². The highest BCUT2D eigenvalue weighted by molar-refractivity contribution is 6.59. The number of hydrogen-bond donors (Lipinski definition) is 2. The summed E-state index contributed by atoms with van der Waals surface area (Å²) in [6, 6.07) is -16.8. The molecular weight excluding hydrogens is 499 g/mol. The molecule has 9 rings (SSSR count). The van der Waals surface area contributed by atoms with Crippen LogP contribution in [-0.2, 0) is 0 Å². The van der Waals surface area contributed by atoms with E-state index in [1.807, 2.05) is 0 Å². The van der Waals surface area contributed by atoms with E-state index in [9.17, 15) is 19.6 Å². The van der Waals surface area contributed by atoms with E-state index in [2.05, 4.69) is 0 Å². The summed E-state index contributed by atoms with van der Waals surface area (Å²) in [5.74, 6) is 0. The molecule has 0 radical (unpaired) electrons. The van der Waals surface area contributed by atoms with Crippen LogP contribution >= 0.6 is 0 Å². The molecule has 0 aliphatic heterocycles. The molecule has 190 valence electrons. The highest BCUT2D eigenvalue weighted by Gasteiger charge is 2.19. The van der Waals surface area contributed by atoms with Crippen LogP contribution in [0.5, 0.6) is 0 Å². The molecular formula is C38H23BO2. The van der Waals surface area contributed by atoms with Gasteiger partial charge in [0.25, 0.3) is 0 Å². The molecule has 0 unspecified atom stereocenters. The summed E-state index contributed by atoms with van der Waals surface area (Å²) in [4.78, 5) is 0. The molecule has 9 aromatic rings. The first kappa shape index (κ1) is 10.5. The minimum atomic E-state index is -2.73. The van der Waals surface area contributed by atoms with E-state index < -0.39 is 205 Å². The summed E-state index contributed by atoms with van der Waals surface area (Å²) in [6.45, 7) is 0. The Hall–Kier alpha value is -4.96. The van der Waals surface area contributed by atoms with Gasteiger partial charge in [0.15, 0.2) is 0 Å². The Bertz CT molecular complexity index is 3350. The highest BCUT2D eigenvalue weighted by Crippen LogP contribution is 2.42. The lowest BCUT2D eigenvalue weighted by Crippen LogP contribution is -2.30. The molecule has 0 saturated carbocycles. The second kappa shape index (κ2) is 8.28. The van der Waals surface area contributed by atoms with Crippen molar-refractivity contribution in [3.05, 3.63) is 127 Å². The monoisotopic (exact) mass is 543 g/mol. The van der Waals surface area contributed by atoms with E-state index in [1.54, 1.807) is 0 Å². The normalized spacial score (nSPS) is 19.3. The maximum Gasteiger partial charge on any atom is 0.488 e. The predicted octanol–water partition coefficient (Wildman–Crippen LogP) is 8.50. The summed E-state index contributed by atoms with van der Waals surface area (Å²) in [7, 11) is -2.73. The zero-order valence-corrected chi connectivity index (χ0v) is 20.5. The van der Waals surface area contributed by atoms with E-state index in [4.69, 9.17) is 19.2 Å². The third-order valence-corrected chi connectivity index (χ3v) is 7.15. The molecule has 2 nitrogen and oxygen atoms in total. The van der Waals surface area contributed by atoms with Crippen LogP contribution in [-0.4, -0.2) is 17.2 Å². The molecule has 0 bridgehead atoms. The summed E-state index contributed by atoms with van der Waals surface area (Å²) in [5, 5.41) is 16.9. The zero-order chi connectivity index (χ0) is 45.5. The number of rotatable bonds is 3. The van der Waals surface area contributed by atoms with Crippen molar-refractivity contribution in [3.8, 4) is 22.3 Å². The van der Waals surface area contributed by atoms with Crippen molar-refractivity contribution >= 4 is 77.2 Å². The molecule has 41 heavy (non-hydrogen) atoms. The van der Waals surface area contributed by atoms with Gasteiger partial charge in [-0.25, -0.2) is 0 Å². The van der Waals surface area contributed by atoms with Crippen molar-refractivity contribution in [1.29, 1.82) is 0 Å². The van der Waals surface area contributed by atoms with Crippen LogP contribution in [0.1, 0.15) is 28.8 Å². The molecule has 0 heterocycles. The lowest BCUT2D eigenvalue weighted by atomic mass is 9.76. The average molecular weight is 544 g/mol. The third-order valence-electron chi connectivity index (χ3n) is 7.15. The molecule has 0 amide bonds. The Balaban J connectivity index is 1.58. The molecule has 0 saturated heterocycles. The summed E-state index contributed by atoms with van der Waals surface area (Å²) < 4.78 is 188. The molecule has 0 spiro atoms. The number of benzene rings is 9. The van der Waals surface area contributed by atoms with E-state index in [1.165, 1.54) is 0 Å². The van der Waals surface area contributed by atoms with E-state index in [0.29, 0.717) is 0 Å². The second-order valence-corrected chi connectivity index (χ2v) is 9.41. The Morgan fingerprint density at radius 1 is 0.415 bits per heavy atom. The van der Waals surface area contributed by atoms with Crippen LogP contribution in [0, 0.1) is 0 Å². The van der Waals surface area contributed by atoms with Gasteiger partial charge < -0.3 is 10.0 Å². The van der Waals surface area contributed by atoms with Crippen LogP contribution in [0.15, 0.2) is 127 Å². The fourth-order valence-electron chi connectivity index (χ4n) is 5.37. The summed E-state index contributed by atoms with van der Waals surface area (Å²) in [6.07, 6.45) is 0. The van der Waals surface area contributed by atoms with Crippen molar-refractivity contribution in [2.24, 2.45) is 0 Å². The SMILES string of the molecule is [2H]c1c(B(O)O)c([2H])c(-c2c([2H])c([2H])c3c([2H])c([2H])c4c([2H])c([2H])c([2H])c5c([2H])c([2H])c2c3c45)c([2H])c1-c1c([2H])c([2H])c2c([2H])c([2H])c3c([2H])c([2H])c([2H])c4c([2H])c([2H])c1c2c34. The molecule has 0 aliphatic carbocycles. The van der Waals surface area contributed by atoms with Gasteiger partial charge in [0, 0.05) is 0 Å². The van der Waals surface area contributed by atoms with Gasteiger partial charge in [-0.2, -0.15) is 0 Å². The minimum Gasteiger partial charge on any atom is -0.423 e. The Labute approximate surface area is 266 Å². The second-order valence-electron chi connectivity index (χ2n) is 9.41. The summed E-state index contributed by atoms with van der Waals surface area (Å²) in [5.41, 5.74) is -4.00. The van der Waals surface area contributed by atoms with Crippen molar-refractivity contribution < 1.29 is 38.8 Å². The van der Waals surface area contributed by atoms with Gasteiger partial charge in [-0.1, -0.05) is 121 Å². The van der Waals surface area contributed by atoms with Crippen molar-refractivity contribution in [3.63, 3.8) is 0 Å². The van der Waals surface area contributed by atoms with Gasteiger partial charge in [0.2, 0.25) is 0 Å². The van der Waals surface area contributed by atoms with Crippen molar-refractivity contribution in [1.82, 2.24) is 0 Å². The van der Waals surface area contributed by atoms with Gasteiger partial charge >= 0.3 is 7.12 Å². The topological polar surface area (TPSA) is 40.5 Å². The van der Waals surface area contributed by atoms with Crippen LogP contribution in [0.3, 0.4) is 0 Å². The molecule has 3 heteroatoms. The van der Waals surface area contributed by atoms with Crippen molar-refractivity contribution in [2.45, 2.75) is 0 Å². The minimum absolute atomic E-state index is 0.269. The smallest absolute Gasteiger partial charge is 0.423 e. The first-order valence-corrected chi connectivity index (χ1v) is 12.3. The van der Waals surface area contributed by atoms with E-state index in [-0.39, 0.29) is 21.5 Å². The maximum atomic E-state index is 10.8. The Kier molecular flexibility index (Phi) is 2.11. The van der Waals surface area contributed by atoms with Crippen LogP contribution in [0.25, 0.3) is 86.9 Å². The molecule has 9 aromatic carbocycles. The predicted molar refractivity (Wildman–Crippen MR) is 175 cm³/mol. The van der Waals surface area contributed by atoms with E-state index in [0.717, 1.165) is 0 Å². The Morgan fingerprint density at radius 3 is 1.20 bits per heavy atom. The van der Waals surface area contributed by atoms with Gasteiger partial charge in [0.05, 0.1) is 28.8 Å². The fourth-order valence-corrected chi connectivity index (χ4v) is 5.37. The average Bonchev–Trinajstić information content (AvgIpc) is 3.21. The quantitative estimate of drug-likeness (QED) is 0.173. The first-order chi connectivity index (χ1) is 28.9. The third kappa shape index (κ3) is 3.22. The van der Waals surface area contributed by atoms with Crippen LogP contribution in [0.4, 0.5) is 0 Å². The molecule has 2 N–H and O–H groups in total. The molecule has 0 aliphatic rings. The van der Waals surface area contributed by atoms with Crippen LogP contribution < -0.4 is 5.46 Å². The van der Waals surface area contributed by atoms with Gasteiger partial charge in [0.1, 0.15) is 0 Å². The maximum absolute atomic E-state index is 10.8. The molecule has 0 fully saturated rings. The van der Waals surface area contributed by atoms with Crippen LogP contribution in [0.2, 0.25) is 0 Å². The zero-order valence-electron chi connectivity index (χ0n) is 41.5. The van der Waals surface area contributed by atoms with Gasteiger partial charge in [-0.05, 0) is 98.4 Å². The molecule has 0 atom stereocenters. The fraction of sp³-hybridized carbons (Fsp3) is 0. The van der Waals surface area contributed by atoms with Crippen molar-refractivity contribution in [2.75, 3.05) is 0 Å². The van der Waals surface area contributed by atoms with Gasteiger partial charge in [-0.15, -0.1) is 0 Å². The largest absolute Gasteiger partial charge is 0.488 e. The van der Waals surface area contributed by atoms with E-state index >= 15 is 0 Å². The highest BCUT2D eigenvalue weighted by atomic mass is 16.4. The summed E-state index contributed by atoms with van der Waals surface area (Å²) >= 11 is 0. The Morgan fingerprint density at radius 2 is 0.780 bits per heavy atom. The lowest BCUT2D eigenvalue weighted by Gasteiger charge is -2.17. The molecule has 0 aromatic heterocycles. The standard InChI is InChI=1S/C38H23BO2/c40-39(41)30-20-28(31-15-11-26-9-7-22-3-1-5-24-13-17-33(31)37(26)35(22)24)19-29(21-30)32-16-12-27-10-8-23-4-2-6-25-14-18-34(32)38(27)36(23)25/h1-21,40-41H/i1D,2D,3D,4D,5D,6D,7D,8D,9D,10D,11D,12D,13D,14D,15D,16D,17D,18D,19D,20D,21D. The first-order valence-electron chi connectivity index (χ1n) is 22.8. The number of hydrogen-bond acceptors (Lipinski definition) is 2. The lowest BCUT2D eigenvalue weighted by molar-refractivity contribution is 0.426.